The zero-order chi connectivity index (χ0) is 13.7. The molecule has 0 spiro atoms. The fraction of sp³-hybridized carbons (Fsp3) is 0.500. The number of hydrogen-bond acceptors (Lipinski definition) is 3. The van der Waals surface area contributed by atoms with E-state index in [0.717, 1.165) is 31.2 Å². The molecule has 19 heavy (non-hydrogen) atoms. The van der Waals surface area contributed by atoms with Gasteiger partial charge >= 0.3 is 5.97 Å². The van der Waals surface area contributed by atoms with Gasteiger partial charge in [-0.2, -0.15) is 5.26 Å². The van der Waals surface area contributed by atoms with Gasteiger partial charge in [-0.3, -0.25) is 4.79 Å². The number of nitriles is 1. The number of nitrogens with zero attached hydrogens (tertiary/aromatic N) is 1. The number of carbonyl (C=O) groups is 1. The minimum absolute atomic E-state index is 0.321. The molecule has 2 rings (SSSR count). The van der Waals surface area contributed by atoms with Gasteiger partial charge < -0.3 is 4.74 Å². The summed E-state index contributed by atoms with van der Waals surface area (Å²) in [7, 11) is 0. The maximum atomic E-state index is 12.1. The monoisotopic (exact) mass is 257 g/mol. The van der Waals surface area contributed by atoms with Crippen LogP contribution in [-0.2, 0) is 14.9 Å². The molecule has 0 bridgehead atoms. The fourth-order valence-corrected chi connectivity index (χ4v) is 3.15. The third-order valence-corrected chi connectivity index (χ3v) is 4.05. The van der Waals surface area contributed by atoms with Crippen LogP contribution in [-0.4, -0.2) is 12.6 Å². The highest BCUT2D eigenvalue weighted by molar-refractivity contribution is 5.77. The summed E-state index contributed by atoms with van der Waals surface area (Å²) in [6.45, 7) is 2.10. The van der Waals surface area contributed by atoms with Crippen LogP contribution < -0.4 is 0 Å². The highest BCUT2D eigenvalue weighted by Crippen LogP contribution is 2.47. The molecule has 1 aliphatic carbocycles. The van der Waals surface area contributed by atoms with E-state index in [9.17, 15) is 10.1 Å². The third-order valence-electron chi connectivity index (χ3n) is 4.05. The Morgan fingerprint density at radius 2 is 2.00 bits per heavy atom. The van der Waals surface area contributed by atoms with E-state index < -0.39 is 5.92 Å². The van der Waals surface area contributed by atoms with Crippen molar-refractivity contribution in [3.8, 4) is 6.07 Å². The molecule has 1 aliphatic rings. The van der Waals surface area contributed by atoms with Crippen molar-refractivity contribution in [2.45, 2.75) is 38.0 Å². The van der Waals surface area contributed by atoms with E-state index in [-0.39, 0.29) is 11.4 Å². The number of rotatable bonds is 4. The molecule has 3 nitrogen and oxygen atoms in total. The zero-order valence-corrected chi connectivity index (χ0v) is 11.3. The highest BCUT2D eigenvalue weighted by Gasteiger charge is 2.47. The molecule has 0 N–H and O–H groups in total. The summed E-state index contributed by atoms with van der Waals surface area (Å²) in [5, 5.41) is 9.46. The average Bonchev–Trinajstić information content (AvgIpc) is 2.91. The Hall–Kier alpha value is -1.82. The predicted molar refractivity (Wildman–Crippen MR) is 72.3 cm³/mol. The van der Waals surface area contributed by atoms with E-state index in [2.05, 4.69) is 6.07 Å². The molecule has 3 heteroatoms. The first-order valence-corrected chi connectivity index (χ1v) is 6.86. The van der Waals surface area contributed by atoms with Crippen molar-refractivity contribution >= 4 is 5.97 Å². The molecule has 1 aromatic rings. The number of esters is 1. The Labute approximate surface area is 114 Å². The van der Waals surface area contributed by atoms with Gasteiger partial charge in [0.1, 0.15) is 0 Å². The molecule has 1 fully saturated rings. The van der Waals surface area contributed by atoms with Crippen LogP contribution in [0.5, 0.6) is 0 Å². The summed E-state index contributed by atoms with van der Waals surface area (Å²) in [5.41, 5.74) is 0.731. The van der Waals surface area contributed by atoms with E-state index in [4.69, 9.17) is 4.74 Å². The van der Waals surface area contributed by atoms with E-state index >= 15 is 0 Å². The molecule has 1 atom stereocenters. The van der Waals surface area contributed by atoms with Crippen LogP contribution in [0.15, 0.2) is 30.3 Å². The molecule has 1 unspecified atom stereocenters. The van der Waals surface area contributed by atoms with Crippen LogP contribution in [0.3, 0.4) is 0 Å². The first-order valence-electron chi connectivity index (χ1n) is 6.86. The number of benzene rings is 1. The second kappa shape index (κ2) is 5.88. The molecular formula is C16H19NO2. The first-order chi connectivity index (χ1) is 9.24. The van der Waals surface area contributed by atoms with E-state index in [1.807, 2.05) is 30.3 Å². The minimum Gasteiger partial charge on any atom is -0.465 e. The SMILES string of the molecule is CCOC(=O)C(C#N)C1(c2ccccc2)CCCC1. The van der Waals surface area contributed by atoms with Crippen molar-refractivity contribution in [2.75, 3.05) is 6.61 Å². The van der Waals surface area contributed by atoms with Crippen LogP contribution in [0, 0.1) is 17.2 Å². The molecule has 100 valence electrons. The number of hydrogen-bond donors (Lipinski definition) is 0. The van der Waals surface area contributed by atoms with E-state index in [1.165, 1.54) is 0 Å². The highest BCUT2D eigenvalue weighted by atomic mass is 16.5. The number of ether oxygens (including phenoxy) is 1. The lowest BCUT2D eigenvalue weighted by atomic mass is 9.69. The van der Waals surface area contributed by atoms with Crippen LogP contribution in [0.2, 0.25) is 0 Å². The van der Waals surface area contributed by atoms with Crippen molar-refractivity contribution < 1.29 is 9.53 Å². The summed E-state index contributed by atoms with van der Waals surface area (Å²) >= 11 is 0. The molecule has 0 radical (unpaired) electrons. The summed E-state index contributed by atoms with van der Waals surface area (Å²) in [6, 6.07) is 12.1. The molecular weight excluding hydrogens is 238 g/mol. The maximum Gasteiger partial charge on any atom is 0.324 e. The summed E-state index contributed by atoms with van der Waals surface area (Å²) in [6.07, 6.45) is 3.89. The summed E-state index contributed by atoms with van der Waals surface area (Å²) in [5.74, 6) is -1.08. The van der Waals surface area contributed by atoms with Crippen molar-refractivity contribution in [2.24, 2.45) is 5.92 Å². The lowest BCUT2D eigenvalue weighted by molar-refractivity contribution is -0.148. The smallest absolute Gasteiger partial charge is 0.324 e. The maximum absolute atomic E-state index is 12.1. The lowest BCUT2D eigenvalue weighted by Gasteiger charge is -2.32. The molecule has 0 heterocycles. The van der Waals surface area contributed by atoms with Crippen LogP contribution in [0.1, 0.15) is 38.2 Å². The minimum atomic E-state index is -0.697. The van der Waals surface area contributed by atoms with Crippen molar-refractivity contribution in [3.05, 3.63) is 35.9 Å². The Morgan fingerprint density at radius 1 is 1.37 bits per heavy atom. The molecule has 0 amide bonds. The van der Waals surface area contributed by atoms with E-state index in [0.29, 0.717) is 6.61 Å². The van der Waals surface area contributed by atoms with Gasteiger partial charge in [0, 0.05) is 5.41 Å². The van der Waals surface area contributed by atoms with Crippen molar-refractivity contribution in [3.63, 3.8) is 0 Å². The molecule has 1 saturated carbocycles. The normalized spacial score (nSPS) is 18.5. The van der Waals surface area contributed by atoms with Crippen LogP contribution >= 0.6 is 0 Å². The summed E-state index contributed by atoms with van der Waals surface area (Å²) in [4.78, 5) is 12.1. The second-order valence-corrected chi connectivity index (χ2v) is 5.04. The Bertz CT molecular complexity index is 469. The van der Waals surface area contributed by atoms with Gasteiger partial charge in [0.2, 0.25) is 0 Å². The Kier molecular flexibility index (Phi) is 4.21. The Balaban J connectivity index is 2.39. The molecule has 0 aliphatic heterocycles. The van der Waals surface area contributed by atoms with Crippen LogP contribution in [0.25, 0.3) is 0 Å². The number of carbonyl (C=O) groups excluding carboxylic acids is 1. The van der Waals surface area contributed by atoms with Gasteiger partial charge in [-0.15, -0.1) is 0 Å². The van der Waals surface area contributed by atoms with Gasteiger partial charge in [-0.05, 0) is 25.3 Å². The average molecular weight is 257 g/mol. The summed E-state index contributed by atoms with van der Waals surface area (Å²) < 4.78 is 5.09. The predicted octanol–water partition coefficient (Wildman–Crippen LogP) is 3.20. The van der Waals surface area contributed by atoms with Crippen LogP contribution in [0.4, 0.5) is 0 Å². The quantitative estimate of drug-likeness (QED) is 0.778. The van der Waals surface area contributed by atoms with Crippen molar-refractivity contribution in [1.29, 1.82) is 5.26 Å². The Morgan fingerprint density at radius 3 is 2.53 bits per heavy atom. The van der Waals surface area contributed by atoms with E-state index in [1.54, 1.807) is 6.92 Å². The van der Waals surface area contributed by atoms with Gasteiger partial charge in [0.15, 0.2) is 5.92 Å². The van der Waals surface area contributed by atoms with Crippen molar-refractivity contribution in [1.82, 2.24) is 0 Å². The standard InChI is InChI=1S/C16H19NO2/c1-2-19-15(18)14(12-17)16(10-6-7-11-16)13-8-4-3-5-9-13/h3-5,8-9,14H,2,6-7,10-11H2,1H3. The van der Waals surface area contributed by atoms with Gasteiger partial charge in [-0.1, -0.05) is 43.2 Å². The zero-order valence-electron chi connectivity index (χ0n) is 11.3. The fourth-order valence-electron chi connectivity index (χ4n) is 3.15. The lowest BCUT2D eigenvalue weighted by Crippen LogP contribution is -2.38. The van der Waals surface area contributed by atoms with Gasteiger partial charge in [0.05, 0.1) is 12.7 Å². The molecule has 0 saturated heterocycles. The van der Waals surface area contributed by atoms with Gasteiger partial charge in [0.25, 0.3) is 0 Å². The van der Waals surface area contributed by atoms with Gasteiger partial charge in [-0.25, -0.2) is 0 Å². The largest absolute Gasteiger partial charge is 0.465 e. The third kappa shape index (κ3) is 2.49. The molecule has 0 aromatic heterocycles. The first kappa shape index (κ1) is 13.6. The molecule has 1 aromatic carbocycles. The topological polar surface area (TPSA) is 50.1 Å². The second-order valence-electron chi connectivity index (χ2n) is 5.04.